The second-order valence-electron chi connectivity index (χ2n) is 8.97. The molecule has 1 saturated heterocycles. The molecule has 2 fully saturated rings. The molecule has 8 nitrogen and oxygen atoms in total. The highest BCUT2D eigenvalue weighted by molar-refractivity contribution is 7.93. The van der Waals surface area contributed by atoms with Crippen LogP contribution in [0.5, 0.6) is 11.5 Å². The van der Waals surface area contributed by atoms with Gasteiger partial charge in [0.2, 0.25) is 5.91 Å². The molecular weight excluding hydrogens is 442 g/mol. The number of carbonyl (C=O) groups excluding carboxylic acids is 2. The Hall–Kier alpha value is -2.91. The summed E-state index contributed by atoms with van der Waals surface area (Å²) in [5, 5.41) is 5.86. The van der Waals surface area contributed by atoms with Gasteiger partial charge in [0.1, 0.15) is 11.5 Å². The largest absolute Gasteiger partial charge is 0.457 e. The molecule has 33 heavy (non-hydrogen) atoms. The Balaban J connectivity index is 1.57. The van der Waals surface area contributed by atoms with Crippen LogP contribution in [0.15, 0.2) is 53.4 Å². The van der Waals surface area contributed by atoms with E-state index >= 15 is 0 Å². The topological polar surface area (TPSA) is 128 Å². The quantitative estimate of drug-likeness (QED) is 0.594. The summed E-state index contributed by atoms with van der Waals surface area (Å²) in [5.41, 5.74) is 6.03. The van der Waals surface area contributed by atoms with Gasteiger partial charge in [-0.25, -0.2) is 8.42 Å². The van der Waals surface area contributed by atoms with Crippen LogP contribution in [0.1, 0.15) is 42.5 Å². The Morgan fingerprint density at radius 3 is 2.33 bits per heavy atom. The lowest BCUT2D eigenvalue weighted by atomic mass is 9.77. The minimum atomic E-state index is -3.99. The average molecular weight is 472 g/mol. The van der Waals surface area contributed by atoms with E-state index in [9.17, 15) is 18.0 Å². The van der Waals surface area contributed by atoms with Crippen molar-refractivity contribution in [1.82, 2.24) is 10.6 Å². The number of benzene rings is 2. The second-order valence-corrected chi connectivity index (χ2v) is 11.2. The zero-order chi connectivity index (χ0) is 23.7. The van der Waals surface area contributed by atoms with Gasteiger partial charge in [-0.1, -0.05) is 6.07 Å². The highest BCUT2D eigenvalue weighted by atomic mass is 32.2. The summed E-state index contributed by atoms with van der Waals surface area (Å²) in [6.45, 7) is 1.64. The number of amides is 2. The summed E-state index contributed by atoms with van der Waals surface area (Å²) in [6, 6.07) is 12.7. The molecule has 0 aromatic heterocycles. The van der Waals surface area contributed by atoms with Gasteiger partial charge in [-0.15, -0.1) is 0 Å². The standard InChI is InChI=1S/C24H29N3O5S/c1-26-21(28)17-3-2-4-19(15-17)32-18-5-7-20(8-6-18)33(30,31)24(22(25)29)10-9-23(16-24)11-13-27-14-12-23/h2-8,15,27H,9-14,16H2,1H3,(H2,25,29)(H,26,28). The number of hydrogen-bond acceptors (Lipinski definition) is 6. The number of primary amides is 1. The molecule has 1 saturated carbocycles. The van der Waals surface area contributed by atoms with Gasteiger partial charge in [0.15, 0.2) is 14.6 Å². The summed E-state index contributed by atoms with van der Waals surface area (Å²) in [4.78, 5) is 24.4. The lowest BCUT2D eigenvalue weighted by Gasteiger charge is -2.35. The van der Waals surface area contributed by atoms with Crippen molar-refractivity contribution in [3.8, 4) is 11.5 Å². The van der Waals surface area contributed by atoms with E-state index in [1.807, 2.05) is 0 Å². The van der Waals surface area contributed by atoms with Gasteiger partial charge in [-0.3, -0.25) is 9.59 Å². The molecule has 4 N–H and O–H groups in total. The molecule has 1 atom stereocenters. The van der Waals surface area contributed by atoms with Gasteiger partial charge in [0, 0.05) is 12.6 Å². The summed E-state index contributed by atoms with van der Waals surface area (Å²) in [6.07, 6.45) is 2.89. The summed E-state index contributed by atoms with van der Waals surface area (Å²) in [5.74, 6) is -0.146. The van der Waals surface area contributed by atoms with E-state index in [1.165, 1.54) is 12.1 Å². The third-order valence-corrected chi connectivity index (χ3v) is 9.51. The Kier molecular flexibility index (Phi) is 6.20. The monoisotopic (exact) mass is 471 g/mol. The highest BCUT2D eigenvalue weighted by Crippen LogP contribution is 2.54. The predicted octanol–water partition coefficient (Wildman–Crippen LogP) is 2.39. The van der Waals surface area contributed by atoms with Gasteiger partial charge in [-0.2, -0.15) is 0 Å². The molecule has 1 aliphatic carbocycles. The van der Waals surface area contributed by atoms with E-state index in [-0.39, 0.29) is 29.1 Å². The van der Waals surface area contributed by atoms with Gasteiger partial charge in [0.25, 0.3) is 5.91 Å². The number of nitrogens with two attached hydrogens (primary N) is 1. The maximum Gasteiger partial charge on any atom is 0.251 e. The molecule has 1 aliphatic heterocycles. The van der Waals surface area contributed by atoms with E-state index in [0.717, 1.165) is 25.9 Å². The van der Waals surface area contributed by atoms with Crippen molar-refractivity contribution in [2.75, 3.05) is 20.1 Å². The zero-order valence-electron chi connectivity index (χ0n) is 18.6. The number of sulfone groups is 1. The SMILES string of the molecule is CNC(=O)c1cccc(Oc2ccc(S(=O)(=O)C3(C(N)=O)CCC4(CCNCC4)C3)cc2)c1. The number of hydrogen-bond donors (Lipinski definition) is 3. The van der Waals surface area contributed by atoms with Crippen LogP contribution in [-0.2, 0) is 14.6 Å². The first-order valence-corrected chi connectivity index (χ1v) is 12.6. The molecule has 2 aliphatic rings. The fourth-order valence-electron chi connectivity index (χ4n) is 5.10. The highest BCUT2D eigenvalue weighted by Gasteiger charge is 2.59. The Morgan fingerprint density at radius 1 is 1.00 bits per heavy atom. The maximum atomic E-state index is 13.6. The van der Waals surface area contributed by atoms with E-state index in [1.54, 1.807) is 43.4 Å². The second kappa shape index (κ2) is 8.79. The molecule has 2 aromatic carbocycles. The van der Waals surface area contributed by atoms with Crippen molar-refractivity contribution in [3.05, 3.63) is 54.1 Å². The molecule has 2 aromatic rings. The number of carbonyl (C=O) groups is 2. The molecule has 0 radical (unpaired) electrons. The minimum Gasteiger partial charge on any atom is -0.457 e. The fraction of sp³-hybridized carbons (Fsp3) is 0.417. The number of rotatable bonds is 6. The lowest BCUT2D eigenvalue weighted by Crippen LogP contribution is -2.50. The van der Waals surface area contributed by atoms with Crippen LogP contribution in [0, 0.1) is 5.41 Å². The molecule has 4 rings (SSSR count). The van der Waals surface area contributed by atoms with E-state index in [4.69, 9.17) is 10.5 Å². The van der Waals surface area contributed by atoms with Crippen LogP contribution in [0.25, 0.3) is 0 Å². The first kappa shape index (κ1) is 23.3. The normalized spacial score (nSPS) is 22.1. The van der Waals surface area contributed by atoms with Crippen LogP contribution in [0.2, 0.25) is 0 Å². The van der Waals surface area contributed by atoms with E-state index in [2.05, 4.69) is 10.6 Å². The number of ether oxygens (including phenoxy) is 1. The lowest BCUT2D eigenvalue weighted by molar-refractivity contribution is -0.120. The van der Waals surface area contributed by atoms with Crippen LogP contribution in [-0.4, -0.2) is 45.1 Å². The molecule has 1 heterocycles. The van der Waals surface area contributed by atoms with Crippen molar-refractivity contribution >= 4 is 21.7 Å². The van der Waals surface area contributed by atoms with Crippen molar-refractivity contribution in [2.24, 2.45) is 11.1 Å². The molecule has 0 bridgehead atoms. The summed E-state index contributed by atoms with van der Waals surface area (Å²) >= 11 is 0. The van der Waals surface area contributed by atoms with Gasteiger partial charge in [-0.05, 0) is 93.1 Å². The average Bonchev–Trinajstić information content (AvgIpc) is 3.20. The third-order valence-electron chi connectivity index (χ3n) is 7.04. The molecule has 176 valence electrons. The summed E-state index contributed by atoms with van der Waals surface area (Å²) < 4.78 is 31.5. The van der Waals surface area contributed by atoms with E-state index < -0.39 is 20.5 Å². The van der Waals surface area contributed by atoms with Crippen molar-refractivity contribution < 1.29 is 22.7 Å². The Bertz CT molecular complexity index is 1160. The maximum absolute atomic E-state index is 13.6. The molecular formula is C24H29N3O5S. The van der Waals surface area contributed by atoms with Crippen LogP contribution >= 0.6 is 0 Å². The smallest absolute Gasteiger partial charge is 0.251 e. The molecule has 1 spiro atoms. The van der Waals surface area contributed by atoms with Crippen LogP contribution < -0.4 is 21.1 Å². The zero-order valence-corrected chi connectivity index (χ0v) is 19.4. The summed E-state index contributed by atoms with van der Waals surface area (Å²) in [7, 11) is -2.44. The van der Waals surface area contributed by atoms with Crippen LogP contribution in [0.4, 0.5) is 0 Å². The molecule has 1 unspecified atom stereocenters. The third kappa shape index (κ3) is 4.22. The first-order valence-electron chi connectivity index (χ1n) is 11.1. The predicted molar refractivity (Wildman–Crippen MR) is 124 cm³/mol. The number of nitrogens with one attached hydrogen (secondary N) is 2. The fourth-order valence-corrected chi connectivity index (χ4v) is 7.18. The molecule has 2 amide bonds. The Labute approximate surface area is 193 Å². The number of piperidine rings is 1. The van der Waals surface area contributed by atoms with Gasteiger partial charge >= 0.3 is 0 Å². The van der Waals surface area contributed by atoms with E-state index in [0.29, 0.717) is 23.5 Å². The molecule has 9 heteroatoms. The van der Waals surface area contributed by atoms with Crippen molar-refractivity contribution in [2.45, 2.75) is 41.7 Å². The first-order chi connectivity index (χ1) is 15.7. The van der Waals surface area contributed by atoms with Crippen molar-refractivity contribution in [1.29, 1.82) is 0 Å². The van der Waals surface area contributed by atoms with Crippen LogP contribution in [0.3, 0.4) is 0 Å². The van der Waals surface area contributed by atoms with Gasteiger partial charge < -0.3 is 21.1 Å². The Morgan fingerprint density at radius 2 is 1.70 bits per heavy atom. The van der Waals surface area contributed by atoms with Gasteiger partial charge in [0.05, 0.1) is 4.90 Å². The minimum absolute atomic E-state index is 0.0544. The van der Waals surface area contributed by atoms with Crippen molar-refractivity contribution in [3.63, 3.8) is 0 Å².